The molecule has 0 aliphatic carbocycles. The summed E-state index contributed by atoms with van der Waals surface area (Å²) in [5, 5.41) is 11.6. The summed E-state index contributed by atoms with van der Waals surface area (Å²) in [5.41, 5.74) is 7.33. The number of non-ortho nitro benzene ring substituents is 1. The van der Waals surface area contributed by atoms with Crippen molar-refractivity contribution >= 4 is 22.4 Å². The van der Waals surface area contributed by atoms with Crippen molar-refractivity contribution in [1.29, 1.82) is 0 Å². The van der Waals surface area contributed by atoms with E-state index in [1.54, 1.807) is 0 Å². The van der Waals surface area contributed by atoms with Gasteiger partial charge in [-0.05, 0) is 18.1 Å². The van der Waals surface area contributed by atoms with E-state index < -0.39 is 4.92 Å². The van der Waals surface area contributed by atoms with Crippen molar-refractivity contribution in [3.05, 3.63) is 33.9 Å². The molecule has 1 heterocycles. The molecule has 2 rings (SSSR count). The van der Waals surface area contributed by atoms with Crippen LogP contribution in [-0.2, 0) is 6.42 Å². The zero-order chi connectivity index (χ0) is 14.0. The smallest absolute Gasteiger partial charge is 0.273 e. The fourth-order valence-corrected chi connectivity index (χ4v) is 2.03. The van der Waals surface area contributed by atoms with Gasteiger partial charge in [0.2, 0.25) is 0 Å². The number of hydrogen-bond donors (Lipinski definition) is 1. The van der Waals surface area contributed by atoms with Crippen LogP contribution in [0.25, 0.3) is 10.9 Å². The van der Waals surface area contributed by atoms with E-state index in [1.807, 2.05) is 13.0 Å². The fraction of sp³-hybridized carbons (Fsp3) is 0.308. The van der Waals surface area contributed by atoms with E-state index >= 15 is 0 Å². The second kappa shape index (κ2) is 5.09. The molecule has 0 bridgehead atoms. The zero-order valence-electron chi connectivity index (χ0n) is 10.8. The molecule has 1 aromatic heterocycles. The third-order valence-electron chi connectivity index (χ3n) is 2.93. The number of nitrogen functional groups attached to an aromatic ring is 1. The second-order valence-electron chi connectivity index (χ2n) is 4.26. The van der Waals surface area contributed by atoms with Crippen molar-refractivity contribution in [3.8, 4) is 5.75 Å². The lowest BCUT2D eigenvalue weighted by atomic mass is 10.1. The van der Waals surface area contributed by atoms with Gasteiger partial charge in [0.25, 0.3) is 5.69 Å². The number of anilines is 1. The zero-order valence-corrected chi connectivity index (χ0v) is 10.8. The molecule has 0 saturated carbocycles. The van der Waals surface area contributed by atoms with E-state index in [0.29, 0.717) is 22.5 Å². The first-order valence-corrected chi connectivity index (χ1v) is 5.98. The third-order valence-corrected chi connectivity index (χ3v) is 2.93. The quantitative estimate of drug-likeness (QED) is 0.674. The minimum atomic E-state index is -0.447. The highest BCUT2D eigenvalue weighted by Crippen LogP contribution is 2.31. The molecule has 0 unspecified atom stereocenters. The molecule has 6 nitrogen and oxygen atoms in total. The van der Waals surface area contributed by atoms with Crippen LogP contribution < -0.4 is 10.5 Å². The number of aryl methyl sites for hydroxylation is 1. The van der Waals surface area contributed by atoms with Gasteiger partial charge in [0.1, 0.15) is 11.3 Å². The van der Waals surface area contributed by atoms with Gasteiger partial charge in [-0.15, -0.1) is 0 Å². The van der Waals surface area contributed by atoms with Gasteiger partial charge in [0.05, 0.1) is 18.1 Å². The van der Waals surface area contributed by atoms with E-state index in [1.165, 1.54) is 19.2 Å². The van der Waals surface area contributed by atoms with E-state index in [4.69, 9.17) is 10.5 Å². The summed E-state index contributed by atoms with van der Waals surface area (Å²) in [6.07, 6.45) is 1.73. The summed E-state index contributed by atoms with van der Waals surface area (Å²) >= 11 is 0. The molecule has 0 aliphatic rings. The van der Waals surface area contributed by atoms with Crippen LogP contribution in [0.5, 0.6) is 5.75 Å². The van der Waals surface area contributed by atoms with Crippen LogP contribution in [-0.4, -0.2) is 17.0 Å². The van der Waals surface area contributed by atoms with Crippen molar-refractivity contribution in [3.63, 3.8) is 0 Å². The predicted octanol–water partition coefficient (Wildman–Crippen LogP) is 2.69. The Morgan fingerprint density at radius 1 is 1.42 bits per heavy atom. The number of nitrogens with two attached hydrogens (primary N) is 1. The standard InChI is InChI=1S/C13H15N3O3/c1-3-4-8-5-9-6-10(16(17)18)7-11(19-2)12(9)15-13(8)14/h5-7H,3-4H2,1-2H3,(H2,14,15). The first-order chi connectivity index (χ1) is 9.06. The molecule has 6 heteroatoms. The average molecular weight is 261 g/mol. The van der Waals surface area contributed by atoms with Crippen molar-refractivity contribution in [2.45, 2.75) is 19.8 Å². The molecule has 0 amide bonds. The van der Waals surface area contributed by atoms with Gasteiger partial charge in [-0.2, -0.15) is 0 Å². The summed E-state index contributed by atoms with van der Waals surface area (Å²) in [7, 11) is 1.45. The minimum absolute atomic E-state index is 0.0154. The van der Waals surface area contributed by atoms with E-state index in [2.05, 4.69) is 4.98 Å². The van der Waals surface area contributed by atoms with Gasteiger partial charge in [-0.3, -0.25) is 10.1 Å². The van der Waals surface area contributed by atoms with Crippen molar-refractivity contribution in [2.24, 2.45) is 0 Å². The lowest BCUT2D eigenvalue weighted by Crippen LogP contribution is -2.00. The number of hydrogen-bond acceptors (Lipinski definition) is 5. The molecule has 0 radical (unpaired) electrons. The molecule has 2 N–H and O–H groups in total. The maximum atomic E-state index is 10.9. The number of fused-ring (bicyclic) bond motifs is 1. The van der Waals surface area contributed by atoms with Crippen LogP contribution in [0, 0.1) is 10.1 Å². The fourth-order valence-electron chi connectivity index (χ4n) is 2.03. The van der Waals surface area contributed by atoms with Crippen LogP contribution in [0.4, 0.5) is 11.5 Å². The van der Waals surface area contributed by atoms with Crippen LogP contribution >= 0.6 is 0 Å². The Morgan fingerprint density at radius 2 is 2.16 bits per heavy atom. The third kappa shape index (κ3) is 2.42. The number of ether oxygens (including phenoxy) is 1. The van der Waals surface area contributed by atoms with Crippen LogP contribution in [0.3, 0.4) is 0 Å². The van der Waals surface area contributed by atoms with Gasteiger partial charge in [0.15, 0.2) is 5.75 Å². The van der Waals surface area contributed by atoms with E-state index in [9.17, 15) is 10.1 Å². The van der Waals surface area contributed by atoms with Gasteiger partial charge < -0.3 is 10.5 Å². The van der Waals surface area contributed by atoms with Gasteiger partial charge >= 0.3 is 0 Å². The van der Waals surface area contributed by atoms with Crippen LogP contribution in [0.15, 0.2) is 18.2 Å². The Hall–Kier alpha value is -2.37. The van der Waals surface area contributed by atoms with E-state index in [0.717, 1.165) is 18.4 Å². The van der Waals surface area contributed by atoms with Crippen molar-refractivity contribution in [1.82, 2.24) is 4.98 Å². The largest absolute Gasteiger partial charge is 0.494 e. The molecule has 2 aromatic rings. The molecular weight excluding hydrogens is 246 g/mol. The topological polar surface area (TPSA) is 91.3 Å². The molecule has 0 saturated heterocycles. The normalized spacial score (nSPS) is 10.6. The Bertz CT molecular complexity index is 641. The highest BCUT2D eigenvalue weighted by atomic mass is 16.6. The lowest BCUT2D eigenvalue weighted by molar-refractivity contribution is -0.384. The Labute approximate surface area is 110 Å². The summed E-state index contributed by atoms with van der Waals surface area (Å²) in [4.78, 5) is 14.7. The number of aromatic nitrogens is 1. The number of rotatable bonds is 4. The Kier molecular flexibility index (Phi) is 3.50. The first-order valence-electron chi connectivity index (χ1n) is 5.98. The molecule has 100 valence electrons. The molecule has 0 spiro atoms. The minimum Gasteiger partial charge on any atom is -0.494 e. The van der Waals surface area contributed by atoms with Gasteiger partial charge in [-0.1, -0.05) is 13.3 Å². The van der Waals surface area contributed by atoms with Crippen LogP contribution in [0.1, 0.15) is 18.9 Å². The number of pyridine rings is 1. The number of nitro benzene ring substituents is 1. The molecule has 0 fully saturated rings. The summed E-state index contributed by atoms with van der Waals surface area (Å²) in [5.74, 6) is 0.806. The number of benzene rings is 1. The lowest BCUT2D eigenvalue weighted by Gasteiger charge is -2.09. The first kappa shape index (κ1) is 13.1. The molecule has 0 atom stereocenters. The SMILES string of the molecule is CCCc1cc2cc([N+](=O)[O-])cc(OC)c2nc1N. The number of nitrogens with zero attached hydrogens (tertiary/aromatic N) is 2. The van der Waals surface area contributed by atoms with E-state index in [-0.39, 0.29) is 5.69 Å². The van der Waals surface area contributed by atoms with Gasteiger partial charge in [-0.25, -0.2) is 4.98 Å². The highest BCUT2D eigenvalue weighted by Gasteiger charge is 2.15. The van der Waals surface area contributed by atoms with Crippen molar-refractivity contribution in [2.75, 3.05) is 12.8 Å². The molecule has 0 aliphatic heterocycles. The maximum absolute atomic E-state index is 10.9. The maximum Gasteiger partial charge on any atom is 0.273 e. The summed E-state index contributed by atoms with van der Waals surface area (Å²) in [6.45, 7) is 2.04. The second-order valence-corrected chi connectivity index (χ2v) is 4.26. The molecule has 1 aromatic carbocycles. The highest BCUT2D eigenvalue weighted by molar-refractivity contribution is 5.89. The molecule has 19 heavy (non-hydrogen) atoms. The number of nitro groups is 1. The Balaban J connectivity index is 2.72. The van der Waals surface area contributed by atoms with Gasteiger partial charge in [0, 0.05) is 11.5 Å². The number of methoxy groups -OCH3 is 1. The summed E-state index contributed by atoms with van der Waals surface area (Å²) in [6, 6.07) is 4.69. The average Bonchev–Trinajstić information content (AvgIpc) is 2.38. The predicted molar refractivity (Wildman–Crippen MR) is 73.4 cm³/mol. The van der Waals surface area contributed by atoms with Crippen LogP contribution in [0.2, 0.25) is 0 Å². The Morgan fingerprint density at radius 3 is 2.74 bits per heavy atom. The summed E-state index contributed by atoms with van der Waals surface area (Å²) < 4.78 is 5.15. The monoisotopic (exact) mass is 261 g/mol. The molecular formula is C13H15N3O3. The van der Waals surface area contributed by atoms with Crippen molar-refractivity contribution < 1.29 is 9.66 Å².